The molecule has 1 aliphatic heterocycles. The lowest BCUT2D eigenvalue weighted by molar-refractivity contribution is 0.0919. The van der Waals surface area contributed by atoms with Crippen molar-refractivity contribution in [3.63, 3.8) is 0 Å². The number of piperidine rings is 1. The van der Waals surface area contributed by atoms with Gasteiger partial charge in [0, 0.05) is 23.6 Å². The van der Waals surface area contributed by atoms with Crippen molar-refractivity contribution in [3.8, 4) is 5.75 Å². The fourth-order valence-electron chi connectivity index (χ4n) is 3.07. The number of carbonyl (C=O) groups excluding carboxylic acids is 1. The summed E-state index contributed by atoms with van der Waals surface area (Å²) in [7, 11) is -2.09. The molecule has 1 N–H and O–H groups in total. The van der Waals surface area contributed by atoms with E-state index in [2.05, 4.69) is 21.2 Å². The van der Waals surface area contributed by atoms with Gasteiger partial charge in [-0.1, -0.05) is 15.9 Å². The number of hydrogen-bond acceptors (Lipinski definition) is 4. The molecule has 6 nitrogen and oxygen atoms in total. The molecule has 0 radical (unpaired) electrons. The highest BCUT2D eigenvalue weighted by atomic mass is 79.9. The second kappa shape index (κ2) is 8.59. The van der Waals surface area contributed by atoms with Crippen LogP contribution in [-0.4, -0.2) is 44.9 Å². The molecule has 1 saturated heterocycles. The van der Waals surface area contributed by atoms with E-state index >= 15 is 0 Å². The van der Waals surface area contributed by atoms with E-state index in [-0.39, 0.29) is 29.6 Å². The second-order valence-corrected chi connectivity index (χ2v) is 9.31. The number of sulfonamides is 1. The lowest BCUT2D eigenvalue weighted by atomic mass is 10.1. The van der Waals surface area contributed by atoms with E-state index in [0.717, 1.165) is 0 Å². The van der Waals surface area contributed by atoms with Crippen molar-refractivity contribution in [2.75, 3.05) is 20.2 Å². The fraction of sp³-hybridized carbons (Fsp3) is 0.316. The molecule has 0 bridgehead atoms. The summed E-state index contributed by atoms with van der Waals surface area (Å²) in [6.45, 7) is 0.556. The first-order valence-corrected chi connectivity index (χ1v) is 10.9. The number of nitrogens with zero attached hydrogens (tertiary/aromatic N) is 1. The Balaban J connectivity index is 1.62. The van der Waals surface area contributed by atoms with Crippen LogP contribution < -0.4 is 10.1 Å². The Morgan fingerprint density at radius 2 is 1.82 bits per heavy atom. The standard InChI is InChI=1S/C19H20BrFN2O4S/c1-27-15-3-5-16(6-4-15)28(25,26)23-10-8-14(9-11-23)22-19(24)17-12-13(20)2-7-18(17)21/h2-7,12,14H,8-11H2,1H3,(H,22,24). The van der Waals surface area contributed by atoms with Crippen molar-refractivity contribution in [2.24, 2.45) is 0 Å². The summed E-state index contributed by atoms with van der Waals surface area (Å²) in [5.41, 5.74) is -0.0392. The summed E-state index contributed by atoms with van der Waals surface area (Å²) in [6, 6.07) is 10.2. The van der Waals surface area contributed by atoms with Gasteiger partial charge in [-0.05, 0) is 55.3 Å². The minimum atomic E-state index is -3.60. The maximum absolute atomic E-state index is 13.9. The first kappa shape index (κ1) is 20.8. The molecule has 0 aliphatic carbocycles. The maximum Gasteiger partial charge on any atom is 0.254 e. The van der Waals surface area contributed by atoms with Crippen LogP contribution in [0.25, 0.3) is 0 Å². The number of ether oxygens (including phenoxy) is 1. The molecule has 28 heavy (non-hydrogen) atoms. The molecule has 0 atom stereocenters. The Bertz CT molecular complexity index is 958. The van der Waals surface area contributed by atoms with Gasteiger partial charge in [0.25, 0.3) is 5.91 Å². The van der Waals surface area contributed by atoms with E-state index in [1.807, 2.05) is 0 Å². The number of amides is 1. The first-order valence-electron chi connectivity index (χ1n) is 8.71. The van der Waals surface area contributed by atoms with Crippen LogP contribution in [0.3, 0.4) is 0 Å². The third-order valence-corrected chi connectivity index (χ3v) is 7.07. The summed E-state index contributed by atoms with van der Waals surface area (Å²) in [6.07, 6.45) is 0.910. The SMILES string of the molecule is COc1ccc(S(=O)(=O)N2CCC(NC(=O)c3cc(Br)ccc3F)CC2)cc1. The van der Waals surface area contributed by atoms with Gasteiger partial charge in [0.15, 0.2) is 0 Å². The number of halogens is 2. The Labute approximate surface area is 171 Å². The first-order chi connectivity index (χ1) is 13.3. The van der Waals surface area contributed by atoms with Gasteiger partial charge in [-0.25, -0.2) is 12.8 Å². The largest absolute Gasteiger partial charge is 0.497 e. The monoisotopic (exact) mass is 470 g/mol. The predicted octanol–water partition coefficient (Wildman–Crippen LogP) is 3.18. The highest BCUT2D eigenvalue weighted by Gasteiger charge is 2.30. The van der Waals surface area contributed by atoms with E-state index in [4.69, 9.17) is 4.74 Å². The topological polar surface area (TPSA) is 75.7 Å². The highest BCUT2D eigenvalue weighted by molar-refractivity contribution is 9.10. The number of carbonyl (C=O) groups is 1. The van der Waals surface area contributed by atoms with Crippen LogP contribution in [0.1, 0.15) is 23.2 Å². The number of benzene rings is 2. The number of methoxy groups -OCH3 is 1. The molecule has 2 aromatic rings. The van der Waals surface area contributed by atoms with E-state index in [1.165, 1.54) is 41.7 Å². The van der Waals surface area contributed by atoms with Crippen molar-refractivity contribution >= 4 is 31.9 Å². The van der Waals surface area contributed by atoms with Gasteiger partial charge in [0.2, 0.25) is 10.0 Å². The van der Waals surface area contributed by atoms with Gasteiger partial charge in [-0.3, -0.25) is 4.79 Å². The van der Waals surface area contributed by atoms with Gasteiger partial charge >= 0.3 is 0 Å². The minimum absolute atomic E-state index is 0.0392. The molecule has 1 fully saturated rings. The Morgan fingerprint density at radius 1 is 1.18 bits per heavy atom. The molecule has 3 rings (SSSR count). The van der Waals surface area contributed by atoms with Gasteiger partial charge in [-0.2, -0.15) is 4.31 Å². The van der Waals surface area contributed by atoms with Crippen molar-refractivity contribution < 1.29 is 22.3 Å². The van der Waals surface area contributed by atoms with E-state index in [9.17, 15) is 17.6 Å². The van der Waals surface area contributed by atoms with Crippen molar-refractivity contribution in [2.45, 2.75) is 23.8 Å². The molecule has 9 heteroatoms. The maximum atomic E-state index is 13.9. The van der Waals surface area contributed by atoms with Gasteiger partial charge < -0.3 is 10.1 Å². The van der Waals surface area contributed by atoms with E-state index in [1.54, 1.807) is 12.1 Å². The Morgan fingerprint density at radius 3 is 2.43 bits per heavy atom. The number of rotatable bonds is 5. The van der Waals surface area contributed by atoms with Gasteiger partial charge in [0.1, 0.15) is 11.6 Å². The van der Waals surface area contributed by atoms with Crippen LogP contribution >= 0.6 is 15.9 Å². The van der Waals surface area contributed by atoms with Gasteiger partial charge in [0.05, 0.1) is 17.6 Å². The van der Waals surface area contributed by atoms with Crippen LogP contribution in [0, 0.1) is 5.82 Å². The molecular formula is C19H20BrFN2O4S. The lowest BCUT2D eigenvalue weighted by Gasteiger charge is -2.31. The summed E-state index contributed by atoms with van der Waals surface area (Å²) in [5, 5.41) is 2.79. The van der Waals surface area contributed by atoms with E-state index < -0.39 is 21.7 Å². The predicted molar refractivity (Wildman–Crippen MR) is 106 cm³/mol. The average Bonchev–Trinajstić information content (AvgIpc) is 2.70. The zero-order valence-electron chi connectivity index (χ0n) is 15.2. The molecule has 0 unspecified atom stereocenters. The molecule has 0 aromatic heterocycles. The summed E-state index contributed by atoms with van der Waals surface area (Å²) >= 11 is 3.22. The highest BCUT2D eigenvalue weighted by Crippen LogP contribution is 2.23. The number of nitrogens with one attached hydrogen (secondary N) is 1. The summed E-state index contributed by atoms with van der Waals surface area (Å²) < 4.78 is 46.4. The third-order valence-electron chi connectivity index (χ3n) is 4.66. The zero-order valence-corrected chi connectivity index (χ0v) is 17.6. The van der Waals surface area contributed by atoms with Crippen LogP contribution in [0.2, 0.25) is 0 Å². The van der Waals surface area contributed by atoms with Crippen molar-refractivity contribution in [3.05, 3.63) is 58.3 Å². The van der Waals surface area contributed by atoms with Crippen molar-refractivity contribution in [1.29, 1.82) is 0 Å². The number of hydrogen-bond donors (Lipinski definition) is 1. The fourth-order valence-corrected chi connectivity index (χ4v) is 4.90. The quantitative estimate of drug-likeness (QED) is 0.727. The van der Waals surface area contributed by atoms with Crippen LogP contribution in [0.5, 0.6) is 5.75 Å². The molecule has 0 spiro atoms. The third kappa shape index (κ3) is 4.53. The molecular weight excluding hydrogens is 451 g/mol. The molecule has 1 heterocycles. The lowest BCUT2D eigenvalue weighted by Crippen LogP contribution is -2.46. The smallest absolute Gasteiger partial charge is 0.254 e. The van der Waals surface area contributed by atoms with Crippen LogP contribution in [0.4, 0.5) is 4.39 Å². The summed E-state index contributed by atoms with van der Waals surface area (Å²) in [4.78, 5) is 12.5. The molecule has 1 amide bonds. The molecule has 1 aliphatic rings. The van der Waals surface area contributed by atoms with Crippen LogP contribution in [0.15, 0.2) is 51.8 Å². The molecule has 2 aromatic carbocycles. The zero-order chi connectivity index (χ0) is 20.3. The minimum Gasteiger partial charge on any atom is -0.497 e. The average molecular weight is 471 g/mol. The van der Waals surface area contributed by atoms with Crippen molar-refractivity contribution in [1.82, 2.24) is 9.62 Å². The van der Waals surface area contributed by atoms with Gasteiger partial charge in [-0.15, -0.1) is 0 Å². The normalized spacial score (nSPS) is 16.0. The summed E-state index contributed by atoms with van der Waals surface area (Å²) in [5.74, 6) is -0.518. The second-order valence-electron chi connectivity index (χ2n) is 6.45. The molecule has 150 valence electrons. The molecule has 0 saturated carbocycles. The Kier molecular flexibility index (Phi) is 6.36. The van der Waals surface area contributed by atoms with E-state index in [0.29, 0.717) is 23.1 Å². The Hall–Kier alpha value is -1.97. The van der Waals surface area contributed by atoms with Crippen LogP contribution in [-0.2, 0) is 10.0 Å².